The lowest BCUT2D eigenvalue weighted by atomic mass is 10.0. The lowest BCUT2D eigenvalue weighted by Gasteiger charge is -2.16. The van der Waals surface area contributed by atoms with Crippen LogP contribution in [-0.2, 0) is 18.3 Å². The number of aryl methyl sites for hydroxylation is 1. The second kappa shape index (κ2) is 7.50. The van der Waals surface area contributed by atoms with E-state index in [1.54, 1.807) is 18.0 Å². The maximum absolute atomic E-state index is 12.5. The zero-order valence-corrected chi connectivity index (χ0v) is 15.7. The standard InChI is InChI=1S/C20H22N4OS/c1-23-18(22-17-8-5-10-21-20(17)23)12-15-9-11-24(13-15)19(25)14-26-16-6-3-2-4-7-16/h2-8,10,15H,9,11-14H2,1H3/t15-/m1/s1. The number of hydrogen-bond donors (Lipinski definition) is 0. The second-order valence-electron chi connectivity index (χ2n) is 6.73. The van der Waals surface area contributed by atoms with Gasteiger partial charge in [-0.05, 0) is 36.6 Å². The Labute approximate surface area is 157 Å². The van der Waals surface area contributed by atoms with Crippen LogP contribution in [0.3, 0.4) is 0 Å². The molecule has 0 saturated carbocycles. The van der Waals surface area contributed by atoms with Crippen LogP contribution < -0.4 is 0 Å². The third-order valence-corrected chi connectivity index (χ3v) is 5.93. The summed E-state index contributed by atoms with van der Waals surface area (Å²) in [6.45, 7) is 1.67. The zero-order valence-electron chi connectivity index (χ0n) is 14.8. The largest absolute Gasteiger partial charge is 0.342 e. The predicted molar refractivity (Wildman–Crippen MR) is 104 cm³/mol. The van der Waals surface area contributed by atoms with Crippen molar-refractivity contribution in [2.24, 2.45) is 13.0 Å². The number of hydrogen-bond acceptors (Lipinski definition) is 4. The molecule has 5 nitrogen and oxygen atoms in total. The van der Waals surface area contributed by atoms with E-state index in [9.17, 15) is 4.79 Å². The summed E-state index contributed by atoms with van der Waals surface area (Å²) in [7, 11) is 2.02. The van der Waals surface area contributed by atoms with Gasteiger partial charge in [0.05, 0.1) is 5.75 Å². The van der Waals surface area contributed by atoms with Crippen molar-refractivity contribution < 1.29 is 4.79 Å². The molecule has 6 heteroatoms. The van der Waals surface area contributed by atoms with Gasteiger partial charge < -0.3 is 9.47 Å². The molecule has 3 aromatic rings. The van der Waals surface area contributed by atoms with E-state index in [0.29, 0.717) is 11.7 Å². The average Bonchev–Trinajstić information content (AvgIpc) is 3.26. The number of fused-ring (bicyclic) bond motifs is 1. The molecule has 1 atom stereocenters. The summed E-state index contributed by atoms with van der Waals surface area (Å²) in [4.78, 5) is 24.8. The number of carbonyl (C=O) groups is 1. The van der Waals surface area contributed by atoms with Gasteiger partial charge in [-0.25, -0.2) is 9.97 Å². The molecule has 0 aliphatic carbocycles. The van der Waals surface area contributed by atoms with E-state index in [2.05, 4.69) is 9.55 Å². The highest BCUT2D eigenvalue weighted by Gasteiger charge is 2.27. The van der Waals surface area contributed by atoms with Crippen molar-refractivity contribution >= 4 is 28.8 Å². The normalized spacial score (nSPS) is 17.1. The van der Waals surface area contributed by atoms with Crippen molar-refractivity contribution in [2.75, 3.05) is 18.8 Å². The summed E-state index contributed by atoms with van der Waals surface area (Å²) >= 11 is 1.61. The van der Waals surface area contributed by atoms with Gasteiger partial charge in [0.25, 0.3) is 0 Å². The maximum Gasteiger partial charge on any atom is 0.232 e. The summed E-state index contributed by atoms with van der Waals surface area (Å²) in [6.07, 6.45) is 3.73. The van der Waals surface area contributed by atoms with Crippen LogP contribution in [0, 0.1) is 5.92 Å². The highest BCUT2D eigenvalue weighted by molar-refractivity contribution is 8.00. The van der Waals surface area contributed by atoms with E-state index in [1.165, 1.54) is 0 Å². The predicted octanol–water partition coefficient (Wildman–Crippen LogP) is 3.15. The fourth-order valence-corrected chi connectivity index (χ4v) is 4.31. The van der Waals surface area contributed by atoms with Gasteiger partial charge in [-0.15, -0.1) is 11.8 Å². The Morgan fingerprint density at radius 2 is 2.08 bits per heavy atom. The SMILES string of the molecule is Cn1c(C[C@H]2CCN(C(=O)CSc3ccccc3)C2)nc2cccnc21. The molecule has 0 N–H and O–H groups in total. The Bertz CT molecular complexity index is 909. The molecule has 2 aromatic heterocycles. The molecular weight excluding hydrogens is 344 g/mol. The van der Waals surface area contributed by atoms with Gasteiger partial charge in [0.2, 0.25) is 5.91 Å². The number of nitrogens with zero attached hydrogens (tertiary/aromatic N) is 4. The van der Waals surface area contributed by atoms with Crippen LogP contribution >= 0.6 is 11.8 Å². The Morgan fingerprint density at radius 1 is 1.23 bits per heavy atom. The summed E-state index contributed by atoms with van der Waals surface area (Å²) in [5.41, 5.74) is 1.86. The first kappa shape index (κ1) is 17.1. The van der Waals surface area contributed by atoms with Crippen LogP contribution in [0.4, 0.5) is 0 Å². The smallest absolute Gasteiger partial charge is 0.232 e. The van der Waals surface area contributed by atoms with Crippen molar-refractivity contribution in [2.45, 2.75) is 17.7 Å². The molecule has 1 aliphatic heterocycles. The minimum atomic E-state index is 0.230. The van der Waals surface area contributed by atoms with E-state index in [0.717, 1.165) is 47.8 Å². The number of carbonyl (C=O) groups excluding carboxylic acids is 1. The third-order valence-electron chi connectivity index (χ3n) is 4.94. The quantitative estimate of drug-likeness (QED) is 0.651. The van der Waals surface area contributed by atoms with Crippen molar-refractivity contribution in [1.29, 1.82) is 0 Å². The number of likely N-dealkylation sites (tertiary alicyclic amines) is 1. The molecule has 1 fully saturated rings. The van der Waals surface area contributed by atoms with Crippen LogP contribution in [0.25, 0.3) is 11.2 Å². The number of pyridine rings is 1. The highest BCUT2D eigenvalue weighted by atomic mass is 32.2. The van der Waals surface area contributed by atoms with Crippen LogP contribution in [0.2, 0.25) is 0 Å². The van der Waals surface area contributed by atoms with Gasteiger partial charge in [0.1, 0.15) is 11.3 Å². The second-order valence-corrected chi connectivity index (χ2v) is 7.78. The topological polar surface area (TPSA) is 51.0 Å². The molecule has 0 radical (unpaired) electrons. The number of rotatable bonds is 5. The number of aromatic nitrogens is 3. The molecule has 4 rings (SSSR count). The molecule has 0 unspecified atom stereocenters. The molecule has 1 saturated heterocycles. The van der Waals surface area contributed by atoms with Crippen LogP contribution in [0.1, 0.15) is 12.2 Å². The number of amides is 1. The lowest BCUT2D eigenvalue weighted by molar-refractivity contribution is -0.127. The summed E-state index contributed by atoms with van der Waals surface area (Å²) in [6, 6.07) is 14.0. The molecule has 1 amide bonds. The van der Waals surface area contributed by atoms with Gasteiger partial charge in [0.15, 0.2) is 5.65 Å². The van der Waals surface area contributed by atoms with E-state index < -0.39 is 0 Å². The summed E-state index contributed by atoms with van der Waals surface area (Å²) in [5.74, 6) is 2.26. The van der Waals surface area contributed by atoms with Gasteiger partial charge >= 0.3 is 0 Å². The minimum absolute atomic E-state index is 0.230. The van der Waals surface area contributed by atoms with E-state index in [4.69, 9.17) is 4.98 Å². The molecule has 1 aromatic carbocycles. The lowest BCUT2D eigenvalue weighted by Crippen LogP contribution is -2.30. The molecule has 134 valence electrons. The third kappa shape index (κ3) is 3.60. The molecule has 3 heterocycles. The van der Waals surface area contributed by atoms with E-state index in [1.807, 2.05) is 54.4 Å². The molecule has 0 spiro atoms. The number of imidazole rings is 1. The average molecular weight is 366 g/mol. The fraction of sp³-hybridized carbons (Fsp3) is 0.350. The van der Waals surface area contributed by atoms with Crippen molar-refractivity contribution in [3.63, 3.8) is 0 Å². The Morgan fingerprint density at radius 3 is 2.88 bits per heavy atom. The summed E-state index contributed by atoms with van der Waals surface area (Å²) in [5, 5.41) is 0. The Balaban J connectivity index is 1.34. The first-order valence-electron chi connectivity index (χ1n) is 8.92. The zero-order chi connectivity index (χ0) is 17.9. The molecular formula is C20H22N4OS. The van der Waals surface area contributed by atoms with Gasteiger partial charge in [-0.2, -0.15) is 0 Å². The van der Waals surface area contributed by atoms with Crippen molar-refractivity contribution in [1.82, 2.24) is 19.4 Å². The van der Waals surface area contributed by atoms with Crippen molar-refractivity contribution in [3.05, 3.63) is 54.5 Å². The first-order valence-corrected chi connectivity index (χ1v) is 9.91. The van der Waals surface area contributed by atoms with E-state index in [-0.39, 0.29) is 5.91 Å². The highest BCUT2D eigenvalue weighted by Crippen LogP contribution is 2.24. The maximum atomic E-state index is 12.5. The first-order chi connectivity index (χ1) is 12.7. The van der Waals surface area contributed by atoms with E-state index >= 15 is 0 Å². The Kier molecular flexibility index (Phi) is 4.93. The number of benzene rings is 1. The summed E-state index contributed by atoms with van der Waals surface area (Å²) < 4.78 is 2.07. The molecule has 1 aliphatic rings. The van der Waals surface area contributed by atoms with Gasteiger partial charge in [0, 0.05) is 37.7 Å². The molecule has 26 heavy (non-hydrogen) atoms. The van der Waals surface area contributed by atoms with Gasteiger partial charge in [-0.3, -0.25) is 4.79 Å². The minimum Gasteiger partial charge on any atom is -0.342 e. The van der Waals surface area contributed by atoms with Gasteiger partial charge in [-0.1, -0.05) is 18.2 Å². The monoisotopic (exact) mass is 366 g/mol. The Hall–Kier alpha value is -2.34. The fourth-order valence-electron chi connectivity index (χ4n) is 3.49. The van der Waals surface area contributed by atoms with Crippen LogP contribution in [0.5, 0.6) is 0 Å². The number of thioether (sulfide) groups is 1. The van der Waals surface area contributed by atoms with Crippen LogP contribution in [0.15, 0.2) is 53.6 Å². The van der Waals surface area contributed by atoms with Crippen molar-refractivity contribution in [3.8, 4) is 0 Å². The van der Waals surface area contributed by atoms with Crippen LogP contribution in [-0.4, -0.2) is 44.2 Å². The molecule has 0 bridgehead atoms.